The van der Waals surface area contributed by atoms with Gasteiger partial charge in [-0.05, 0) is 49.7 Å². The van der Waals surface area contributed by atoms with Gasteiger partial charge in [0.15, 0.2) is 0 Å². The molecule has 0 radical (unpaired) electrons. The Morgan fingerprint density at radius 3 is 2.75 bits per heavy atom. The summed E-state index contributed by atoms with van der Waals surface area (Å²) in [6.45, 7) is 9.97. The van der Waals surface area contributed by atoms with Crippen LogP contribution in [0.3, 0.4) is 0 Å². The van der Waals surface area contributed by atoms with Crippen LogP contribution in [-0.4, -0.2) is 42.0 Å². The molecule has 2 unspecified atom stereocenters. The number of rotatable bonds is 3. The summed E-state index contributed by atoms with van der Waals surface area (Å²) >= 11 is 1.93. The summed E-state index contributed by atoms with van der Waals surface area (Å²) in [5.41, 5.74) is 0. The van der Waals surface area contributed by atoms with Gasteiger partial charge in [-0.3, -0.25) is 9.80 Å². The van der Waals surface area contributed by atoms with E-state index in [2.05, 4.69) is 41.2 Å². The maximum absolute atomic E-state index is 2.78. The van der Waals surface area contributed by atoms with Crippen molar-refractivity contribution < 1.29 is 0 Å². The van der Waals surface area contributed by atoms with Gasteiger partial charge >= 0.3 is 0 Å². The van der Waals surface area contributed by atoms with E-state index in [0.717, 1.165) is 6.04 Å². The summed E-state index contributed by atoms with van der Waals surface area (Å²) in [4.78, 5) is 7.10. The Kier molecular flexibility index (Phi) is 4.79. The second-order valence-corrected chi connectivity index (χ2v) is 7.72. The van der Waals surface area contributed by atoms with Gasteiger partial charge in [0.05, 0.1) is 0 Å². The molecule has 0 amide bonds. The van der Waals surface area contributed by atoms with Crippen molar-refractivity contribution in [3.05, 3.63) is 22.4 Å². The van der Waals surface area contributed by atoms with Crippen LogP contribution >= 0.6 is 11.3 Å². The number of nitrogens with zero attached hydrogens (tertiary/aromatic N) is 2. The van der Waals surface area contributed by atoms with Gasteiger partial charge in [0.25, 0.3) is 0 Å². The lowest BCUT2D eigenvalue weighted by atomic mass is 9.98. The van der Waals surface area contributed by atoms with Crippen molar-refractivity contribution in [2.75, 3.05) is 26.2 Å². The van der Waals surface area contributed by atoms with E-state index < -0.39 is 0 Å². The highest BCUT2D eigenvalue weighted by atomic mass is 32.1. The van der Waals surface area contributed by atoms with Crippen molar-refractivity contribution in [3.63, 3.8) is 0 Å². The number of hydrogen-bond donors (Lipinski definition) is 0. The SMILES string of the molecule is CC(C)C(c1cccs1)N1CCCN2CCCCC2C1. The Balaban J connectivity index is 1.77. The topological polar surface area (TPSA) is 6.48 Å². The monoisotopic (exact) mass is 292 g/mol. The molecule has 2 nitrogen and oxygen atoms in total. The van der Waals surface area contributed by atoms with Crippen LogP contribution in [0.1, 0.15) is 50.4 Å². The first kappa shape index (κ1) is 14.6. The summed E-state index contributed by atoms with van der Waals surface area (Å²) in [5, 5.41) is 2.23. The number of thiophene rings is 1. The Labute approximate surface area is 127 Å². The minimum Gasteiger partial charge on any atom is -0.299 e. The Morgan fingerprint density at radius 2 is 2.00 bits per heavy atom. The molecule has 2 saturated heterocycles. The predicted molar refractivity (Wildman–Crippen MR) is 87.3 cm³/mol. The van der Waals surface area contributed by atoms with E-state index in [4.69, 9.17) is 0 Å². The lowest BCUT2D eigenvalue weighted by Crippen LogP contribution is -2.45. The summed E-state index contributed by atoms with van der Waals surface area (Å²) < 4.78 is 0. The third-order valence-electron chi connectivity index (χ3n) is 4.94. The zero-order chi connectivity index (χ0) is 13.9. The zero-order valence-electron chi connectivity index (χ0n) is 12.9. The van der Waals surface area contributed by atoms with Crippen molar-refractivity contribution in [1.29, 1.82) is 0 Å². The Morgan fingerprint density at radius 1 is 1.15 bits per heavy atom. The minimum atomic E-state index is 0.622. The van der Waals surface area contributed by atoms with Gasteiger partial charge in [-0.1, -0.05) is 26.3 Å². The second kappa shape index (κ2) is 6.59. The Hall–Kier alpha value is -0.380. The van der Waals surface area contributed by atoms with E-state index >= 15 is 0 Å². The lowest BCUT2D eigenvalue weighted by molar-refractivity contribution is 0.105. The molecule has 20 heavy (non-hydrogen) atoms. The van der Waals surface area contributed by atoms with Crippen LogP contribution in [0, 0.1) is 5.92 Å². The molecule has 2 atom stereocenters. The van der Waals surface area contributed by atoms with Gasteiger partial charge < -0.3 is 0 Å². The third-order valence-corrected chi connectivity index (χ3v) is 5.89. The average molecular weight is 292 g/mol. The maximum Gasteiger partial charge on any atom is 0.0465 e. The van der Waals surface area contributed by atoms with Crippen LogP contribution in [-0.2, 0) is 0 Å². The zero-order valence-corrected chi connectivity index (χ0v) is 13.7. The molecule has 3 heteroatoms. The second-order valence-electron chi connectivity index (χ2n) is 6.74. The first-order valence-corrected chi connectivity index (χ1v) is 9.15. The van der Waals surface area contributed by atoms with Crippen molar-refractivity contribution in [3.8, 4) is 0 Å². The molecule has 2 aliphatic heterocycles. The summed E-state index contributed by atoms with van der Waals surface area (Å²) in [6, 6.07) is 5.98. The molecule has 3 rings (SSSR count). The maximum atomic E-state index is 2.78. The van der Waals surface area contributed by atoms with Crippen molar-refractivity contribution >= 4 is 11.3 Å². The molecule has 3 heterocycles. The van der Waals surface area contributed by atoms with Crippen LogP contribution in [0.4, 0.5) is 0 Å². The van der Waals surface area contributed by atoms with E-state index in [9.17, 15) is 0 Å². The molecule has 1 aromatic rings. The van der Waals surface area contributed by atoms with Crippen molar-refractivity contribution in [2.24, 2.45) is 5.92 Å². The third kappa shape index (κ3) is 3.10. The van der Waals surface area contributed by atoms with Gasteiger partial charge in [0, 0.05) is 30.1 Å². The Bertz CT molecular complexity index is 401. The summed E-state index contributed by atoms with van der Waals surface area (Å²) in [5.74, 6) is 0.698. The van der Waals surface area contributed by atoms with Crippen LogP contribution < -0.4 is 0 Å². The number of hydrogen-bond acceptors (Lipinski definition) is 3. The van der Waals surface area contributed by atoms with E-state index in [1.54, 1.807) is 4.88 Å². The van der Waals surface area contributed by atoms with E-state index in [1.165, 1.54) is 51.9 Å². The predicted octanol–water partition coefficient (Wildman–Crippen LogP) is 4.01. The molecule has 0 bridgehead atoms. The van der Waals surface area contributed by atoms with Gasteiger partial charge in [0.2, 0.25) is 0 Å². The van der Waals surface area contributed by atoms with Crippen LogP contribution in [0.25, 0.3) is 0 Å². The minimum absolute atomic E-state index is 0.622. The smallest absolute Gasteiger partial charge is 0.0465 e. The van der Waals surface area contributed by atoms with Gasteiger partial charge in [-0.2, -0.15) is 0 Å². The van der Waals surface area contributed by atoms with Crippen LogP contribution in [0.5, 0.6) is 0 Å². The quantitative estimate of drug-likeness (QED) is 0.830. The van der Waals surface area contributed by atoms with Crippen molar-refractivity contribution in [2.45, 2.75) is 51.6 Å². The molecule has 0 aliphatic carbocycles. The van der Waals surface area contributed by atoms with E-state index in [-0.39, 0.29) is 0 Å². The largest absolute Gasteiger partial charge is 0.299 e. The lowest BCUT2D eigenvalue weighted by Gasteiger charge is -2.38. The normalized spacial score (nSPS) is 27.2. The average Bonchev–Trinajstić information content (AvgIpc) is 2.85. The highest BCUT2D eigenvalue weighted by molar-refractivity contribution is 7.10. The van der Waals surface area contributed by atoms with Gasteiger partial charge in [0.1, 0.15) is 0 Å². The van der Waals surface area contributed by atoms with Gasteiger partial charge in [-0.15, -0.1) is 11.3 Å². The van der Waals surface area contributed by atoms with Crippen LogP contribution in [0.15, 0.2) is 17.5 Å². The molecule has 0 spiro atoms. The van der Waals surface area contributed by atoms with E-state index in [0.29, 0.717) is 12.0 Å². The summed E-state index contributed by atoms with van der Waals surface area (Å²) in [7, 11) is 0. The van der Waals surface area contributed by atoms with Gasteiger partial charge in [-0.25, -0.2) is 0 Å². The first-order chi connectivity index (χ1) is 9.75. The van der Waals surface area contributed by atoms with Crippen molar-refractivity contribution in [1.82, 2.24) is 9.80 Å². The number of fused-ring (bicyclic) bond motifs is 1. The standard InChI is InChI=1S/C17H28N2S/c1-14(2)17(16-8-5-12-20-16)19-11-6-10-18-9-4-3-7-15(18)13-19/h5,8,12,14-15,17H,3-4,6-7,9-11,13H2,1-2H3. The molecular weight excluding hydrogens is 264 g/mol. The highest BCUT2D eigenvalue weighted by Crippen LogP contribution is 2.34. The fourth-order valence-electron chi connectivity index (χ4n) is 4.04. The molecule has 2 fully saturated rings. The highest BCUT2D eigenvalue weighted by Gasteiger charge is 2.32. The number of piperidine rings is 1. The first-order valence-electron chi connectivity index (χ1n) is 8.27. The molecule has 0 saturated carbocycles. The fourth-order valence-corrected chi connectivity index (χ4v) is 5.07. The molecule has 1 aromatic heterocycles. The summed E-state index contributed by atoms with van der Waals surface area (Å²) in [6.07, 6.45) is 5.59. The van der Waals surface area contributed by atoms with E-state index in [1.807, 2.05) is 11.3 Å². The van der Waals surface area contributed by atoms with Crippen LogP contribution in [0.2, 0.25) is 0 Å². The molecule has 0 N–H and O–H groups in total. The molecular formula is C17H28N2S. The molecule has 2 aliphatic rings. The molecule has 112 valence electrons. The fraction of sp³-hybridized carbons (Fsp3) is 0.765. The molecule has 0 aromatic carbocycles.